The van der Waals surface area contributed by atoms with Gasteiger partial charge in [-0.2, -0.15) is 0 Å². The minimum absolute atomic E-state index is 0.938. The molecule has 1 heterocycles. The highest BCUT2D eigenvalue weighted by Gasteiger charge is 2.20. The number of hydrogen-bond donors (Lipinski definition) is 0. The van der Waals surface area contributed by atoms with Gasteiger partial charge in [0.2, 0.25) is 0 Å². The van der Waals surface area contributed by atoms with Crippen molar-refractivity contribution in [2.45, 2.75) is 90.9 Å². The van der Waals surface area contributed by atoms with Crippen LogP contribution < -0.4 is 0 Å². The zero-order valence-corrected chi connectivity index (χ0v) is 18.1. The van der Waals surface area contributed by atoms with Crippen molar-refractivity contribution in [3.05, 3.63) is 53.7 Å². The molecule has 0 N–H and O–H groups in total. The van der Waals surface area contributed by atoms with Crippen LogP contribution in [0.1, 0.15) is 89.2 Å². The number of pyridine rings is 1. The van der Waals surface area contributed by atoms with Gasteiger partial charge in [0.15, 0.2) is 0 Å². The molecule has 2 aromatic rings. The first-order valence-electron chi connectivity index (χ1n) is 11.8. The van der Waals surface area contributed by atoms with E-state index in [4.69, 9.17) is 4.98 Å². The molecule has 1 aliphatic carbocycles. The molecule has 1 heteroatoms. The average Bonchev–Trinajstić information content (AvgIpc) is 2.75. The molecule has 1 aromatic carbocycles. The number of nitrogens with zero attached hydrogens (tertiary/aromatic N) is 1. The second-order valence-corrected chi connectivity index (χ2v) is 8.92. The molecule has 28 heavy (non-hydrogen) atoms. The summed E-state index contributed by atoms with van der Waals surface area (Å²) >= 11 is 0. The van der Waals surface area contributed by atoms with Gasteiger partial charge in [-0.25, -0.2) is 0 Å². The van der Waals surface area contributed by atoms with Crippen LogP contribution in [0.5, 0.6) is 0 Å². The van der Waals surface area contributed by atoms with Crippen LogP contribution >= 0.6 is 0 Å². The van der Waals surface area contributed by atoms with Crippen LogP contribution in [0.3, 0.4) is 0 Å². The normalized spacial score (nSPS) is 19.6. The van der Waals surface area contributed by atoms with Gasteiger partial charge in [-0.15, -0.1) is 0 Å². The third kappa shape index (κ3) is 6.47. The van der Waals surface area contributed by atoms with Crippen LogP contribution in [0.25, 0.3) is 11.3 Å². The highest BCUT2D eigenvalue weighted by atomic mass is 14.7. The fraction of sp³-hybridized carbons (Fsp3) is 0.593. The Kier molecular flexibility index (Phi) is 8.58. The monoisotopic (exact) mass is 377 g/mol. The standard InChI is InChI=1S/C27H39N/c1-3-5-6-8-23-9-11-24(12-10-23)13-14-25-17-20-27(28-21-25)26-18-15-22(7-4-2)16-19-26/h15-21,23-24H,3-14H2,1-2H3/t23-,24-. The number of rotatable bonds is 10. The molecule has 1 aromatic heterocycles. The molecule has 0 saturated heterocycles. The molecule has 0 bridgehead atoms. The number of benzene rings is 1. The molecular formula is C27H39N. The van der Waals surface area contributed by atoms with Crippen LogP contribution in [0.15, 0.2) is 42.6 Å². The second kappa shape index (κ2) is 11.4. The Balaban J connectivity index is 1.42. The van der Waals surface area contributed by atoms with Gasteiger partial charge in [-0.1, -0.05) is 102 Å². The molecule has 0 atom stereocenters. The number of hydrogen-bond acceptors (Lipinski definition) is 1. The van der Waals surface area contributed by atoms with Gasteiger partial charge in [-0.3, -0.25) is 4.98 Å². The summed E-state index contributed by atoms with van der Waals surface area (Å²) in [5, 5.41) is 0. The predicted octanol–water partition coefficient (Wildman–Crippen LogP) is 8.02. The van der Waals surface area contributed by atoms with E-state index in [1.807, 2.05) is 0 Å². The molecule has 0 radical (unpaired) electrons. The maximum atomic E-state index is 4.74. The van der Waals surface area contributed by atoms with E-state index < -0.39 is 0 Å². The molecular weight excluding hydrogens is 338 g/mol. The molecule has 1 saturated carbocycles. The van der Waals surface area contributed by atoms with Crippen molar-refractivity contribution < 1.29 is 0 Å². The Morgan fingerprint density at radius 3 is 2.00 bits per heavy atom. The van der Waals surface area contributed by atoms with Crippen molar-refractivity contribution in [2.24, 2.45) is 11.8 Å². The Morgan fingerprint density at radius 2 is 1.39 bits per heavy atom. The Bertz CT molecular complexity index is 662. The average molecular weight is 378 g/mol. The zero-order chi connectivity index (χ0) is 19.6. The molecule has 1 fully saturated rings. The van der Waals surface area contributed by atoms with Crippen molar-refractivity contribution in [1.29, 1.82) is 0 Å². The quantitative estimate of drug-likeness (QED) is 0.382. The summed E-state index contributed by atoms with van der Waals surface area (Å²) < 4.78 is 0. The van der Waals surface area contributed by atoms with E-state index in [1.165, 1.54) is 87.3 Å². The highest BCUT2D eigenvalue weighted by Crippen LogP contribution is 2.34. The predicted molar refractivity (Wildman–Crippen MR) is 122 cm³/mol. The summed E-state index contributed by atoms with van der Waals surface area (Å²) in [7, 11) is 0. The molecule has 0 spiro atoms. The third-order valence-corrected chi connectivity index (χ3v) is 6.64. The SMILES string of the molecule is CCCCC[C@H]1CC[C@H](CCc2ccc(-c3ccc(CCC)cc3)nc2)CC1. The topological polar surface area (TPSA) is 12.9 Å². The first kappa shape index (κ1) is 21.1. The molecule has 3 rings (SSSR count). The van der Waals surface area contributed by atoms with Gasteiger partial charge >= 0.3 is 0 Å². The molecule has 1 aliphatic rings. The third-order valence-electron chi connectivity index (χ3n) is 6.64. The maximum Gasteiger partial charge on any atom is 0.0702 e. The summed E-state index contributed by atoms with van der Waals surface area (Å²) in [6.45, 7) is 4.54. The lowest BCUT2D eigenvalue weighted by molar-refractivity contribution is 0.249. The van der Waals surface area contributed by atoms with Crippen LogP contribution in [-0.2, 0) is 12.8 Å². The van der Waals surface area contributed by atoms with Gasteiger partial charge in [0.05, 0.1) is 5.69 Å². The summed E-state index contributed by atoms with van der Waals surface area (Å²) in [6.07, 6.45) is 18.5. The number of aryl methyl sites for hydroxylation is 2. The Hall–Kier alpha value is -1.63. The van der Waals surface area contributed by atoms with Crippen LogP contribution in [0.4, 0.5) is 0 Å². The zero-order valence-electron chi connectivity index (χ0n) is 18.1. The Morgan fingerprint density at radius 1 is 0.714 bits per heavy atom. The van der Waals surface area contributed by atoms with Crippen molar-refractivity contribution in [2.75, 3.05) is 0 Å². The van der Waals surface area contributed by atoms with Gasteiger partial charge in [0, 0.05) is 11.8 Å². The fourth-order valence-electron chi connectivity index (χ4n) is 4.74. The van der Waals surface area contributed by atoms with E-state index in [1.54, 1.807) is 0 Å². The van der Waals surface area contributed by atoms with Gasteiger partial charge in [0.25, 0.3) is 0 Å². The molecule has 1 nitrogen and oxygen atoms in total. The largest absolute Gasteiger partial charge is 0.256 e. The summed E-state index contributed by atoms with van der Waals surface area (Å²) in [6, 6.07) is 13.4. The lowest BCUT2D eigenvalue weighted by Crippen LogP contribution is -2.15. The van der Waals surface area contributed by atoms with E-state index >= 15 is 0 Å². The van der Waals surface area contributed by atoms with Crippen molar-refractivity contribution in [3.8, 4) is 11.3 Å². The Labute approximate surface area is 173 Å². The van der Waals surface area contributed by atoms with Crippen LogP contribution in [0.2, 0.25) is 0 Å². The molecule has 0 aliphatic heterocycles. The van der Waals surface area contributed by atoms with E-state index in [-0.39, 0.29) is 0 Å². The molecule has 152 valence electrons. The van der Waals surface area contributed by atoms with Crippen molar-refractivity contribution >= 4 is 0 Å². The molecule has 0 amide bonds. The maximum absolute atomic E-state index is 4.74. The molecule has 0 unspecified atom stereocenters. The smallest absolute Gasteiger partial charge is 0.0702 e. The lowest BCUT2D eigenvalue weighted by atomic mass is 9.78. The highest BCUT2D eigenvalue weighted by molar-refractivity contribution is 5.59. The van der Waals surface area contributed by atoms with Crippen LogP contribution in [0, 0.1) is 11.8 Å². The van der Waals surface area contributed by atoms with E-state index in [2.05, 4.69) is 56.4 Å². The number of unbranched alkanes of at least 4 members (excludes halogenated alkanes) is 2. The number of aromatic nitrogens is 1. The minimum Gasteiger partial charge on any atom is -0.256 e. The first-order chi connectivity index (χ1) is 13.8. The van der Waals surface area contributed by atoms with E-state index in [0.29, 0.717) is 0 Å². The van der Waals surface area contributed by atoms with E-state index in [0.717, 1.165) is 24.0 Å². The minimum atomic E-state index is 0.938. The van der Waals surface area contributed by atoms with Gasteiger partial charge < -0.3 is 0 Å². The summed E-state index contributed by atoms with van der Waals surface area (Å²) in [5.41, 5.74) is 5.14. The van der Waals surface area contributed by atoms with Gasteiger partial charge in [0.1, 0.15) is 0 Å². The first-order valence-corrected chi connectivity index (χ1v) is 11.8. The second-order valence-electron chi connectivity index (χ2n) is 8.92. The van der Waals surface area contributed by atoms with E-state index in [9.17, 15) is 0 Å². The summed E-state index contributed by atoms with van der Waals surface area (Å²) in [4.78, 5) is 4.74. The lowest BCUT2D eigenvalue weighted by Gasteiger charge is -2.28. The summed E-state index contributed by atoms with van der Waals surface area (Å²) in [5.74, 6) is 1.96. The van der Waals surface area contributed by atoms with Crippen molar-refractivity contribution in [1.82, 2.24) is 4.98 Å². The van der Waals surface area contributed by atoms with Gasteiger partial charge in [-0.05, 0) is 48.3 Å². The van der Waals surface area contributed by atoms with Crippen LogP contribution in [-0.4, -0.2) is 4.98 Å². The van der Waals surface area contributed by atoms with Crippen molar-refractivity contribution in [3.63, 3.8) is 0 Å². The fourth-order valence-corrected chi connectivity index (χ4v) is 4.74.